The molecule has 2 rings (SSSR count). The quantitative estimate of drug-likeness (QED) is 0.518. The highest BCUT2D eigenvalue weighted by Crippen LogP contribution is 2.29. The number of aryl methyl sites for hydroxylation is 1. The zero-order valence-corrected chi connectivity index (χ0v) is 18.7. The standard InChI is InChI=1S/C23H30F3N3O3/c1-4-5-13-29(22(31)18-8-10-19(11-9-18)23(24,25)26)17-21(30)28(14-15-32-3)16-20-7-6-12-27(20)2/h6-12H,4-5,13-17H2,1-3H3. The van der Waals surface area contributed by atoms with Crippen molar-refractivity contribution in [2.24, 2.45) is 7.05 Å². The fourth-order valence-corrected chi connectivity index (χ4v) is 3.20. The average Bonchev–Trinajstić information content (AvgIpc) is 3.17. The van der Waals surface area contributed by atoms with Crippen molar-refractivity contribution in [2.45, 2.75) is 32.5 Å². The van der Waals surface area contributed by atoms with Crippen LogP contribution in [0.2, 0.25) is 0 Å². The number of rotatable bonds is 11. The van der Waals surface area contributed by atoms with Crippen LogP contribution in [0.5, 0.6) is 0 Å². The molecule has 0 unspecified atom stereocenters. The first kappa shape index (κ1) is 25.5. The largest absolute Gasteiger partial charge is 0.416 e. The second kappa shape index (κ2) is 11.7. The monoisotopic (exact) mass is 453 g/mol. The van der Waals surface area contributed by atoms with Crippen LogP contribution in [0.1, 0.15) is 41.4 Å². The molecule has 0 bridgehead atoms. The Morgan fingerprint density at radius 3 is 2.28 bits per heavy atom. The molecule has 0 N–H and O–H groups in total. The number of hydrogen-bond donors (Lipinski definition) is 0. The van der Waals surface area contributed by atoms with Crippen molar-refractivity contribution in [1.82, 2.24) is 14.4 Å². The number of hydrogen-bond acceptors (Lipinski definition) is 3. The van der Waals surface area contributed by atoms with Gasteiger partial charge in [-0.15, -0.1) is 0 Å². The molecule has 0 spiro atoms. The van der Waals surface area contributed by atoms with Gasteiger partial charge in [-0.1, -0.05) is 13.3 Å². The predicted octanol–water partition coefficient (Wildman–Crippen LogP) is 3.96. The SMILES string of the molecule is CCCCN(CC(=O)N(CCOC)Cc1cccn1C)C(=O)c1ccc(C(F)(F)F)cc1. The lowest BCUT2D eigenvalue weighted by molar-refractivity contribution is -0.137. The minimum absolute atomic E-state index is 0.118. The third-order valence-electron chi connectivity index (χ3n) is 5.18. The first-order valence-electron chi connectivity index (χ1n) is 10.5. The first-order valence-corrected chi connectivity index (χ1v) is 10.5. The van der Waals surface area contributed by atoms with Crippen LogP contribution in [-0.2, 0) is 29.3 Å². The van der Waals surface area contributed by atoms with Crippen LogP contribution in [0.4, 0.5) is 13.2 Å². The summed E-state index contributed by atoms with van der Waals surface area (Å²) in [6.45, 7) is 3.21. The molecule has 32 heavy (non-hydrogen) atoms. The normalized spacial score (nSPS) is 11.4. The molecule has 176 valence electrons. The Hall–Kier alpha value is -2.81. The predicted molar refractivity (Wildman–Crippen MR) is 115 cm³/mol. The molecule has 1 heterocycles. The van der Waals surface area contributed by atoms with Gasteiger partial charge in [-0.05, 0) is 42.8 Å². The molecular weight excluding hydrogens is 423 g/mol. The van der Waals surface area contributed by atoms with Crippen LogP contribution in [0, 0.1) is 0 Å². The molecule has 1 aromatic heterocycles. The Morgan fingerprint density at radius 1 is 1.06 bits per heavy atom. The lowest BCUT2D eigenvalue weighted by atomic mass is 10.1. The number of carbonyl (C=O) groups is 2. The lowest BCUT2D eigenvalue weighted by Gasteiger charge is -2.28. The van der Waals surface area contributed by atoms with Crippen LogP contribution in [-0.4, -0.2) is 59.5 Å². The number of aromatic nitrogens is 1. The van der Waals surface area contributed by atoms with E-state index in [1.54, 1.807) is 12.0 Å². The number of halogens is 3. The van der Waals surface area contributed by atoms with Crippen molar-refractivity contribution in [3.63, 3.8) is 0 Å². The highest BCUT2D eigenvalue weighted by Gasteiger charge is 2.30. The minimum atomic E-state index is -4.47. The van der Waals surface area contributed by atoms with Crippen LogP contribution < -0.4 is 0 Å². The molecule has 9 heteroatoms. The van der Waals surface area contributed by atoms with E-state index >= 15 is 0 Å². The van der Waals surface area contributed by atoms with E-state index in [1.807, 2.05) is 36.9 Å². The Kier molecular flexibility index (Phi) is 9.31. The second-order valence-electron chi connectivity index (χ2n) is 7.57. The van der Waals surface area contributed by atoms with Gasteiger partial charge in [0.15, 0.2) is 0 Å². The Bertz CT molecular complexity index is 879. The van der Waals surface area contributed by atoms with Crippen LogP contribution in [0.3, 0.4) is 0 Å². The number of unbranched alkanes of at least 4 members (excludes halogenated alkanes) is 1. The van der Waals surface area contributed by atoms with E-state index in [9.17, 15) is 22.8 Å². The van der Waals surface area contributed by atoms with Gasteiger partial charge < -0.3 is 19.1 Å². The topological polar surface area (TPSA) is 54.8 Å². The maximum atomic E-state index is 13.1. The maximum absolute atomic E-state index is 13.1. The van der Waals surface area contributed by atoms with Gasteiger partial charge >= 0.3 is 6.18 Å². The van der Waals surface area contributed by atoms with E-state index in [2.05, 4.69) is 0 Å². The summed E-state index contributed by atoms with van der Waals surface area (Å²) in [7, 11) is 3.43. The first-order chi connectivity index (χ1) is 15.2. The number of nitrogens with zero attached hydrogens (tertiary/aromatic N) is 3. The fourth-order valence-electron chi connectivity index (χ4n) is 3.20. The molecule has 2 amide bonds. The summed E-state index contributed by atoms with van der Waals surface area (Å²) >= 11 is 0. The molecule has 0 aliphatic heterocycles. The average molecular weight is 454 g/mol. The molecule has 0 atom stereocenters. The molecule has 0 aliphatic carbocycles. The second-order valence-corrected chi connectivity index (χ2v) is 7.57. The molecule has 0 radical (unpaired) electrons. The summed E-state index contributed by atoms with van der Waals surface area (Å²) in [5.41, 5.74) is 0.231. The van der Waals surface area contributed by atoms with Crippen LogP contribution in [0.25, 0.3) is 0 Å². The van der Waals surface area contributed by atoms with Gasteiger partial charge in [-0.3, -0.25) is 9.59 Å². The van der Waals surface area contributed by atoms with Gasteiger partial charge in [-0.25, -0.2) is 0 Å². The van der Waals surface area contributed by atoms with Crippen molar-refractivity contribution in [1.29, 1.82) is 0 Å². The van der Waals surface area contributed by atoms with E-state index in [0.29, 0.717) is 32.7 Å². The molecule has 1 aromatic carbocycles. The Balaban J connectivity index is 2.18. The summed E-state index contributed by atoms with van der Waals surface area (Å²) in [4.78, 5) is 29.1. The van der Waals surface area contributed by atoms with Crippen molar-refractivity contribution in [2.75, 3.05) is 33.4 Å². The summed E-state index contributed by atoms with van der Waals surface area (Å²) in [5.74, 6) is -0.717. The highest BCUT2D eigenvalue weighted by atomic mass is 19.4. The van der Waals surface area contributed by atoms with Crippen molar-refractivity contribution in [3.8, 4) is 0 Å². The summed E-state index contributed by atoms with van der Waals surface area (Å²) in [6, 6.07) is 7.87. The van der Waals surface area contributed by atoms with Gasteiger partial charge in [0.1, 0.15) is 6.54 Å². The molecule has 0 aliphatic rings. The smallest absolute Gasteiger partial charge is 0.383 e. The lowest BCUT2D eigenvalue weighted by Crippen LogP contribution is -2.44. The molecule has 2 aromatic rings. The zero-order chi connectivity index (χ0) is 23.7. The van der Waals surface area contributed by atoms with Gasteiger partial charge in [-0.2, -0.15) is 13.2 Å². The van der Waals surface area contributed by atoms with Gasteiger partial charge in [0.05, 0.1) is 18.7 Å². The fraction of sp³-hybridized carbons (Fsp3) is 0.478. The number of ether oxygens (including phenoxy) is 1. The van der Waals surface area contributed by atoms with Crippen LogP contribution >= 0.6 is 0 Å². The van der Waals surface area contributed by atoms with E-state index < -0.39 is 17.6 Å². The van der Waals surface area contributed by atoms with E-state index in [-0.39, 0.29) is 18.0 Å². The van der Waals surface area contributed by atoms with E-state index in [1.165, 1.54) is 4.90 Å². The summed E-state index contributed by atoms with van der Waals surface area (Å²) < 4.78 is 45.5. The minimum Gasteiger partial charge on any atom is -0.383 e. The van der Waals surface area contributed by atoms with Crippen molar-refractivity contribution >= 4 is 11.8 Å². The summed E-state index contributed by atoms with van der Waals surface area (Å²) in [5, 5.41) is 0. The third-order valence-corrected chi connectivity index (χ3v) is 5.18. The summed E-state index contributed by atoms with van der Waals surface area (Å²) in [6.07, 6.45) is -1.11. The van der Waals surface area contributed by atoms with Gasteiger partial charge in [0.25, 0.3) is 5.91 Å². The van der Waals surface area contributed by atoms with Gasteiger partial charge in [0, 0.05) is 44.7 Å². The van der Waals surface area contributed by atoms with E-state index in [0.717, 1.165) is 36.4 Å². The Morgan fingerprint density at radius 2 is 1.75 bits per heavy atom. The van der Waals surface area contributed by atoms with Crippen LogP contribution in [0.15, 0.2) is 42.6 Å². The number of amides is 2. The zero-order valence-electron chi connectivity index (χ0n) is 18.7. The maximum Gasteiger partial charge on any atom is 0.416 e. The van der Waals surface area contributed by atoms with Crippen molar-refractivity contribution in [3.05, 3.63) is 59.4 Å². The molecular formula is C23H30F3N3O3. The van der Waals surface area contributed by atoms with Gasteiger partial charge in [0.2, 0.25) is 5.91 Å². The molecule has 6 nitrogen and oxygen atoms in total. The number of alkyl halides is 3. The Labute approximate surface area is 186 Å². The third kappa shape index (κ3) is 7.12. The number of methoxy groups -OCH3 is 1. The molecule has 0 saturated carbocycles. The van der Waals surface area contributed by atoms with E-state index in [4.69, 9.17) is 4.74 Å². The number of carbonyl (C=O) groups excluding carboxylic acids is 2. The molecule has 0 fully saturated rings. The highest BCUT2D eigenvalue weighted by molar-refractivity contribution is 5.96. The van der Waals surface area contributed by atoms with Crippen molar-refractivity contribution < 1.29 is 27.5 Å². The molecule has 0 saturated heterocycles. The number of benzene rings is 1.